The lowest BCUT2D eigenvalue weighted by molar-refractivity contribution is -0.138. The van der Waals surface area contributed by atoms with Crippen molar-refractivity contribution in [2.75, 3.05) is 19.0 Å². The largest absolute Gasteiger partial charge is 0.497 e. The van der Waals surface area contributed by atoms with Crippen molar-refractivity contribution in [1.29, 1.82) is 0 Å². The van der Waals surface area contributed by atoms with E-state index in [2.05, 4.69) is 10.6 Å². The molecule has 0 bridgehead atoms. The number of rotatable bonds is 6. The minimum absolute atomic E-state index is 0.115. The molecule has 0 spiro atoms. The Kier molecular flexibility index (Phi) is 6.53. The lowest BCUT2D eigenvalue weighted by atomic mass is 9.98. The topological polar surface area (TPSA) is 70.7 Å². The molecule has 2 aromatic rings. The van der Waals surface area contributed by atoms with Crippen LogP contribution in [0.5, 0.6) is 5.75 Å². The first-order valence-corrected chi connectivity index (χ1v) is 9.60. The molecule has 6 heteroatoms. The number of hydrogen-bond acceptors (Lipinski definition) is 3. The number of piperidine rings is 1. The molecule has 2 N–H and O–H groups in total. The summed E-state index contributed by atoms with van der Waals surface area (Å²) < 4.78 is 5.12. The molecule has 0 aromatic heterocycles. The maximum absolute atomic E-state index is 12.2. The van der Waals surface area contributed by atoms with E-state index in [1.165, 1.54) is 0 Å². The van der Waals surface area contributed by atoms with Gasteiger partial charge in [-0.05, 0) is 48.2 Å². The molecule has 148 valence electrons. The highest BCUT2D eigenvalue weighted by Gasteiger charge is 2.24. The molecule has 28 heavy (non-hydrogen) atoms. The van der Waals surface area contributed by atoms with Crippen LogP contribution in [0.3, 0.4) is 0 Å². The zero-order valence-corrected chi connectivity index (χ0v) is 16.4. The molecule has 1 aliphatic rings. The van der Waals surface area contributed by atoms with Gasteiger partial charge in [0.15, 0.2) is 0 Å². The van der Waals surface area contributed by atoms with Crippen molar-refractivity contribution >= 4 is 17.6 Å². The Hall–Kier alpha value is -3.02. The number of urea groups is 1. The molecule has 1 heterocycles. The first kappa shape index (κ1) is 19.7. The molecular weight excluding hydrogens is 354 g/mol. The van der Waals surface area contributed by atoms with Gasteiger partial charge in [-0.15, -0.1) is 0 Å². The average Bonchev–Trinajstić information content (AvgIpc) is 2.72. The molecule has 1 aliphatic heterocycles. The van der Waals surface area contributed by atoms with Gasteiger partial charge >= 0.3 is 6.03 Å². The van der Waals surface area contributed by atoms with Gasteiger partial charge in [0.05, 0.1) is 7.11 Å². The number of amides is 3. The van der Waals surface area contributed by atoms with Gasteiger partial charge in [0.2, 0.25) is 5.91 Å². The lowest BCUT2D eigenvalue weighted by Crippen LogP contribution is -2.39. The molecule has 3 rings (SSSR count). The summed E-state index contributed by atoms with van der Waals surface area (Å²) in [6, 6.07) is 14.9. The Morgan fingerprint density at radius 1 is 1.11 bits per heavy atom. The van der Waals surface area contributed by atoms with E-state index in [9.17, 15) is 9.59 Å². The van der Waals surface area contributed by atoms with Crippen LogP contribution < -0.4 is 15.4 Å². The number of methoxy groups -OCH3 is 1. The van der Waals surface area contributed by atoms with Gasteiger partial charge in [-0.25, -0.2) is 4.79 Å². The van der Waals surface area contributed by atoms with E-state index in [0.29, 0.717) is 18.8 Å². The summed E-state index contributed by atoms with van der Waals surface area (Å²) >= 11 is 0. The van der Waals surface area contributed by atoms with Crippen LogP contribution in [0.25, 0.3) is 0 Å². The normalized spacial score (nSPS) is 16.6. The van der Waals surface area contributed by atoms with Gasteiger partial charge in [-0.1, -0.05) is 31.2 Å². The maximum Gasteiger partial charge on any atom is 0.319 e. The van der Waals surface area contributed by atoms with E-state index in [0.717, 1.165) is 36.3 Å². The van der Waals surface area contributed by atoms with Crippen LogP contribution >= 0.6 is 0 Å². The van der Waals surface area contributed by atoms with E-state index >= 15 is 0 Å². The third-order valence-corrected chi connectivity index (χ3v) is 5.00. The number of ether oxygens (including phenoxy) is 1. The number of anilines is 1. The summed E-state index contributed by atoms with van der Waals surface area (Å²) in [5.41, 5.74) is 2.77. The van der Waals surface area contributed by atoms with E-state index in [4.69, 9.17) is 4.74 Å². The second-order valence-electron chi connectivity index (χ2n) is 7.16. The third kappa shape index (κ3) is 5.25. The summed E-state index contributed by atoms with van der Waals surface area (Å²) in [6.07, 6.45) is 2.03. The molecule has 0 aliphatic carbocycles. The van der Waals surface area contributed by atoms with Crippen molar-refractivity contribution < 1.29 is 14.3 Å². The highest BCUT2D eigenvalue weighted by atomic mass is 16.5. The van der Waals surface area contributed by atoms with Crippen molar-refractivity contribution in [3.63, 3.8) is 0 Å². The molecule has 3 amide bonds. The monoisotopic (exact) mass is 381 g/mol. The van der Waals surface area contributed by atoms with Crippen molar-refractivity contribution in [3.8, 4) is 5.75 Å². The number of nitrogens with zero attached hydrogens (tertiary/aromatic N) is 1. The van der Waals surface area contributed by atoms with Crippen molar-refractivity contribution in [2.24, 2.45) is 5.92 Å². The molecule has 1 unspecified atom stereocenters. The fourth-order valence-electron chi connectivity index (χ4n) is 3.31. The number of carbonyl (C=O) groups excluding carboxylic acids is 2. The van der Waals surface area contributed by atoms with Crippen LogP contribution in [-0.2, 0) is 17.9 Å². The zero-order chi connectivity index (χ0) is 19.9. The summed E-state index contributed by atoms with van der Waals surface area (Å²) in [7, 11) is 1.62. The third-order valence-electron chi connectivity index (χ3n) is 5.00. The minimum atomic E-state index is -0.261. The SMILES string of the molecule is COc1ccc(CNC(=O)Nc2ccc(CN3CCCC(C)C3=O)cc2)cc1. The van der Waals surface area contributed by atoms with Crippen molar-refractivity contribution in [2.45, 2.75) is 32.9 Å². The number of likely N-dealkylation sites (tertiary alicyclic amines) is 1. The summed E-state index contributed by atoms with van der Waals surface area (Å²) in [6.45, 7) is 3.86. The number of carbonyl (C=O) groups is 2. The van der Waals surface area contributed by atoms with Gasteiger partial charge in [-0.3, -0.25) is 4.79 Å². The van der Waals surface area contributed by atoms with E-state index < -0.39 is 0 Å². The first-order chi connectivity index (χ1) is 13.5. The highest BCUT2D eigenvalue weighted by molar-refractivity contribution is 5.89. The maximum atomic E-state index is 12.2. The number of nitrogens with one attached hydrogen (secondary N) is 2. The Morgan fingerprint density at radius 3 is 2.46 bits per heavy atom. The molecule has 0 saturated carbocycles. The predicted molar refractivity (Wildman–Crippen MR) is 109 cm³/mol. The standard InChI is InChI=1S/C22H27N3O3/c1-16-4-3-13-25(21(16)26)15-18-5-9-19(10-6-18)24-22(27)23-14-17-7-11-20(28-2)12-8-17/h5-12,16H,3-4,13-15H2,1-2H3,(H2,23,24,27). The lowest BCUT2D eigenvalue weighted by Gasteiger charge is -2.30. The van der Waals surface area contributed by atoms with Gasteiger partial charge < -0.3 is 20.3 Å². The second-order valence-corrected chi connectivity index (χ2v) is 7.16. The average molecular weight is 381 g/mol. The van der Waals surface area contributed by atoms with Gasteiger partial charge in [0.25, 0.3) is 0 Å². The fourth-order valence-corrected chi connectivity index (χ4v) is 3.31. The Morgan fingerprint density at radius 2 is 1.79 bits per heavy atom. The van der Waals surface area contributed by atoms with Crippen LogP contribution in [-0.4, -0.2) is 30.5 Å². The van der Waals surface area contributed by atoms with Gasteiger partial charge in [0, 0.05) is 31.2 Å². The van der Waals surface area contributed by atoms with Crippen LogP contribution in [0.2, 0.25) is 0 Å². The molecule has 0 radical (unpaired) electrons. The van der Waals surface area contributed by atoms with Gasteiger partial charge in [-0.2, -0.15) is 0 Å². The molecular formula is C22H27N3O3. The summed E-state index contributed by atoms with van der Waals surface area (Å²) in [4.78, 5) is 26.2. The van der Waals surface area contributed by atoms with Crippen LogP contribution in [0.1, 0.15) is 30.9 Å². The smallest absolute Gasteiger partial charge is 0.319 e. The fraction of sp³-hybridized carbons (Fsp3) is 0.364. The summed E-state index contributed by atoms with van der Waals surface area (Å²) in [5.74, 6) is 1.13. The Balaban J connectivity index is 1.47. The molecule has 1 fully saturated rings. The molecule has 1 saturated heterocycles. The Labute approximate surface area is 165 Å². The number of hydrogen-bond donors (Lipinski definition) is 2. The predicted octanol–water partition coefficient (Wildman–Crippen LogP) is 3.78. The molecule has 2 aromatic carbocycles. The van der Waals surface area contributed by atoms with Gasteiger partial charge in [0.1, 0.15) is 5.75 Å². The van der Waals surface area contributed by atoms with Crippen LogP contribution in [0.4, 0.5) is 10.5 Å². The Bertz CT molecular complexity index is 803. The molecule has 6 nitrogen and oxygen atoms in total. The molecule has 1 atom stereocenters. The van der Waals surface area contributed by atoms with Crippen LogP contribution in [0.15, 0.2) is 48.5 Å². The minimum Gasteiger partial charge on any atom is -0.497 e. The zero-order valence-electron chi connectivity index (χ0n) is 16.4. The van der Waals surface area contributed by atoms with E-state index in [-0.39, 0.29) is 17.9 Å². The van der Waals surface area contributed by atoms with E-state index in [1.807, 2.05) is 60.4 Å². The highest BCUT2D eigenvalue weighted by Crippen LogP contribution is 2.20. The number of benzene rings is 2. The quantitative estimate of drug-likeness (QED) is 0.800. The van der Waals surface area contributed by atoms with E-state index in [1.54, 1.807) is 7.11 Å². The first-order valence-electron chi connectivity index (χ1n) is 9.60. The summed E-state index contributed by atoms with van der Waals surface area (Å²) in [5, 5.41) is 5.66. The second kappa shape index (κ2) is 9.26. The van der Waals surface area contributed by atoms with Crippen molar-refractivity contribution in [1.82, 2.24) is 10.2 Å². The van der Waals surface area contributed by atoms with Crippen LogP contribution in [0, 0.1) is 5.92 Å². The van der Waals surface area contributed by atoms with Crippen molar-refractivity contribution in [3.05, 3.63) is 59.7 Å².